The van der Waals surface area contributed by atoms with Gasteiger partial charge in [-0.1, -0.05) is 42.5 Å². The Bertz CT molecular complexity index is 718. The fourth-order valence-electron chi connectivity index (χ4n) is 2.63. The number of carbonyl (C=O) groups excluding carboxylic acids is 2. The van der Waals surface area contributed by atoms with Gasteiger partial charge in [-0.3, -0.25) is 9.59 Å². The van der Waals surface area contributed by atoms with E-state index >= 15 is 0 Å². The van der Waals surface area contributed by atoms with Crippen molar-refractivity contribution in [3.63, 3.8) is 0 Å². The third-order valence-corrected chi connectivity index (χ3v) is 5.16. The molecular formula is C19H20N2O2S. The van der Waals surface area contributed by atoms with Crippen molar-refractivity contribution in [2.24, 2.45) is 0 Å². The predicted octanol–water partition coefficient (Wildman–Crippen LogP) is 3.24. The number of rotatable bonds is 6. The van der Waals surface area contributed by atoms with Crippen molar-refractivity contribution in [2.75, 3.05) is 11.9 Å². The Morgan fingerprint density at radius 1 is 1.08 bits per heavy atom. The molecule has 4 nitrogen and oxygen atoms in total. The summed E-state index contributed by atoms with van der Waals surface area (Å²) in [6.07, 6.45) is 2.03. The summed E-state index contributed by atoms with van der Waals surface area (Å²) in [6, 6.07) is 17.9. The van der Waals surface area contributed by atoms with Crippen LogP contribution in [-0.2, 0) is 16.0 Å². The molecule has 1 aliphatic rings. The first-order chi connectivity index (χ1) is 11.7. The summed E-state index contributed by atoms with van der Waals surface area (Å²) in [4.78, 5) is 25.2. The van der Waals surface area contributed by atoms with Crippen LogP contribution in [0.5, 0.6) is 0 Å². The molecule has 2 aromatic carbocycles. The molecule has 1 aliphatic heterocycles. The third-order valence-electron chi connectivity index (χ3n) is 3.88. The number of aryl methyl sites for hydroxylation is 1. The third kappa shape index (κ3) is 4.38. The number of hydrogen-bond acceptors (Lipinski definition) is 3. The molecule has 124 valence electrons. The molecule has 24 heavy (non-hydrogen) atoms. The van der Waals surface area contributed by atoms with Crippen LogP contribution in [0.3, 0.4) is 0 Å². The van der Waals surface area contributed by atoms with Crippen molar-refractivity contribution in [3.05, 3.63) is 60.2 Å². The molecule has 0 aliphatic carbocycles. The highest BCUT2D eigenvalue weighted by molar-refractivity contribution is 8.01. The van der Waals surface area contributed by atoms with Crippen LogP contribution in [-0.4, -0.2) is 23.6 Å². The normalized spacial score (nSPS) is 16.2. The predicted molar refractivity (Wildman–Crippen MR) is 97.1 cm³/mol. The van der Waals surface area contributed by atoms with E-state index in [0.29, 0.717) is 6.54 Å². The highest BCUT2D eigenvalue weighted by Crippen LogP contribution is 2.36. The van der Waals surface area contributed by atoms with Gasteiger partial charge in [-0.2, -0.15) is 0 Å². The first-order valence-corrected chi connectivity index (χ1v) is 8.97. The highest BCUT2D eigenvalue weighted by Gasteiger charge is 2.28. The quantitative estimate of drug-likeness (QED) is 0.794. The second kappa shape index (κ2) is 8.02. The Labute approximate surface area is 146 Å². The standard InChI is InChI=1S/C19H20N2O2S/c22-18(20-12-6-9-14-7-2-1-3-8-14)13-17-19(23)21-15-10-4-5-11-16(15)24-17/h1-5,7-8,10-11,17H,6,9,12-13H2,(H,20,22)(H,21,23)/t17-/m1/s1. The van der Waals surface area contributed by atoms with Gasteiger partial charge in [-0.15, -0.1) is 11.8 Å². The number of amides is 2. The zero-order valence-corrected chi connectivity index (χ0v) is 14.1. The van der Waals surface area contributed by atoms with Crippen LogP contribution >= 0.6 is 11.8 Å². The van der Waals surface area contributed by atoms with Crippen molar-refractivity contribution in [2.45, 2.75) is 29.4 Å². The Kier molecular flexibility index (Phi) is 5.54. The number of para-hydroxylation sites is 1. The number of anilines is 1. The van der Waals surface area contributed by atoms with Gasteiger partial charge >= 0.3 is 0 Å². The minimum absolute atomic E-state index is 0.0740. The number of nitrogens with one attached hydrogen (secondary N) is 2. The topological polar surface area (TPSA) is 58.2 Å². The number of fused-ring (bicyclic) bond motifs is 1. The van der Waals surface area contributed by atoms with Gasteiger partial charge in [0.25, 0.3) is 0 Å². The molecule has 0 unspecified atom stereocenters. The number of hydrogen-bond donors (Lipinski definition) is 2. The molecule has 1 heterocycles. The maximum atomic E-state index is 12.1. The summed E-state index contributed by atoms with van der Waals surface area (Å²) in [5.74, 6) is -0.173. The molecule has 0 bridgehead atoms. The van der Waals surface area contributed by atoms with E-state index in [1.54, 1.807) is 0 Å². The largest absolute Gasteiger partial charge is 0.356 e. The number of benzene rings is 2. The van der Waals surface area contributed by atoms with Gasteiger partial charge in [-0.25, -0.2) is 0 Å². The molecule has 0 spiro atoms. The van der Waals surface area contributed by atoms with Crippen molar-refractivity contribution >= 4 is 29.3 Å². The monoisotopic (exact) mass is 340 g/mol. The minimum atomic E-state index is -0.367. The summed E-state index contributed by atoms with van der Waals surface area (Å²) in [5, 5.41) is 5.41. The second-order valence-corrected chi connectivity index (χ2v) is 6.98. The van der Waals surface area contributed by atoms with Crippen LogP contribution in [0, 0.1) is 0 Å². The first kappa shape index (κ1) is 16.6. The van der Waals surface area contributed by atoms with E-state index in [4.69, 9.17) is 0 Å². The molecule has 5 heteroatoms. The summed E-state index contributed by atoms with van der Waals surface area (Å²) in [5.41, 5.74) is 2.09. The maximum Gasteiger partial charge on any atom is 0.238 e. The van der Waals surface area contributed by atoms with Crippen LogP contribution in [0.4, 0.5) is 5.69 Å². The molecule has 0 saturated carbocycles. The van der Waals surface area contributed by atoms with Gasteiger partial charge in [0.05, 0.1) is 10.9 Å². The average Bonchev–Trinajstić information content (AvgIpc) is 2.60. The summed E-state index contributed by atoms with van der Waals surface area (Å²) >= 11 is 1.46. The fraction of sp³-hybridized carbons (Fsp3) is 0.263. The molecule has 2 aromatic rings. The van der Waals surface area contributed by atoms with E-state index in [-0.39, 0.29) is 23.5 Å². The molecule has 3 rings (SSSR count). The van der Waals surface area contributed by atoms with E-state index in [9.17, 15) is 9.59 Å². The second-order valence-electron chi connectivity index (χ2n) is 5.74. The van der Waals surface area contributed by atoms with Crippen molar-refractivity contribution < 1.29 is 9.59 Å². The van der Waals surface area contributed by atoms with Gasteiger partial charge in [0.1, 0.15) is 0 Å². The molecule has 0 radical (unpaired) electrons. The number of carbonyl (C=O) groups is 2. The smallest absolute Gasteiger partial charge is 0.238 e. The Hall–Kier alpha value is -2.27. The van der Waals surface area contributed by atoms with Gasteiger partial charge < -0.3 is 10.6 Å². The zero-order valence-electron chi connectivity index (χ0n) is 13.3. The van der Waals surface area contributed by atoms with Gasteiger partial charge in [0.2, 0.25) is 11.8 Å². The Balaban J connectivity index is 1.43. The molecule has 0 aromatic heterocycles. The van der Waals surface area contributed by atoms with Crippen molar-refractivity contribution in [3.8, 4) is 0 Å². The van der Waals surface area contributed by atoms with Gasteiger partial charge in [0, 0.05) is 17.9 Å². The van der Waals surface area contributed by atoms with E-state index in [0.717, 1.165) is 23.4 Å². The lowest BCUT2D eigenvalue weighted by Gasteiger charge is -2.23. The molecule has 1 atom stereocenters. The molecule has 2 N–H and O–H groups in total. The van der Waals surface area contributed by atoms with Crippen LogP contribution in [0.15, 0.2) is 59.5 Å². The summed E-state index contributed by atoms with van der Waals surface area (Å²) < 4.78 is 0. The van der Waals surface area contributed by atoms with E-state index in [1.165, 1.54) is 17.3 Å². The zero-order chi connectivity index (χ0) is 16.8. The lowest BCUT2D eigenvalue weighted by Crippen LogP contribution is -2.35. The lowest BCUT2D eigenvalue weighted by molar-refractivity contribution is -0.124. The molecule has 2 amide bonds. The van der Waals surface area contributed by atoms with Gasteiger partial charge in [0.15, 0.2) is 0 Å². The molecule has 0 fully saturated rings. The Morgan fingerprint density at radius 2 is 1.83 bits per heavy atom. The van der Waals surface area contributed by atoms with Crippen LogP contribution in [0.2, 0.25) is 0 Å². The molecular weight excluding hydrogens is 320 g/mol. The van der Waals surface area contributed by atoms with Crippen molar-refractivity contribution in [1.29, 1.82) is 0 Å². The number of thioether (sulfide) groups is 1. The fourth-order valence-corrected chi connectivity index (χ4v) is 3.74. The van der Waals surface area contributed by atoms with E-state index in [2.05, 4.69) is 22.8 Å². The van der Waals surface area contributed by atoms with E-state index < -0.39 is 0 Å². The van der Waals surface area contributed by atoms with Crippen LogP contribution in [0.1, 0.15) is 18.4 Å². The minimum Gasteiger partial charge on any atom is -0.356 e. The SMILES string of the molecule is O=C(C[C@H]1Sc2ccccc2NC1=O)NCCCc1ccccc1. The summed E-state index contributed by atoms with van der Waals surface area (Å²) in [6.45, 7) is 0.628. The maximum absolute atomic E-state index is 12.1. The van der Waals surface area contributed by atoms with Crippen LogP contribution in [0.25, 0.3) is 0 Å². The molecule has 0 saturated heterocycles. The van der Waals surface area contributed by atoms with E-state index in [1.807, 2.05) is 42.5 Å². The summed E-state index contributed by atoms with van der Waals surface area (Å²) in [7, 11) is 0. The lowest BCUT2D eigenvalue weighted by atomic mass is 10.1. The van der Waals surface area contributed by atoms with Crippen molar-refractivity contribution in [1.82, 2.24) is 5.32 Å². The first-order valence-electron chi connectivity index (χ1n) is 8.09. The van der Waals surface area contributed by atoms with Gasteiger partial charge in [-0.05, 0) is 30.5 Å². The Morgan fingerprint density at radius 3 is 2.67 bits per heavy atom. The highest BCUT2D eigenvalue weighted by atomic mass is 32.2. The van der Waals surface area contributed by atoms with Crippen LogP contribution < -0.4 is 10.6 Å². The average molecular weight is 340 g/mol.